The van der Waals surface area contributed by atoms with Crippen LogP contribution in [0.5, 0.6) is 0 Å². The van der Waals surface area contributed by atoms with Crippen molar-refractivity contribution in [3.05, 3.63) is 65.1 Å². The molecule has 37 heavy (non-hydrogen) atoms. The Balaban J connectivity index is 1.57. The highest BCUT2D eigenvalue weighted by Gasteiger charge is 2.40. The van der Waals surface area contributed by atoms with Crippen molar-refractivity contribution in [2.24, 2.45) is 5.73 Å². The summed E-state index contributed by atoms with van der Waals surface area (Å²) in [6, 6.07) is 7.23. The van der Waals surface area contributed by atoms with Gasteiger partial charge in [0.2, 0.25) is 11.8 Å². The van der Waals surface area contributed by atoms with E-state index in [0.29, 0.717) is 5.56 Å². The first-order valence-corrected chi connectivity index (χ1v) is 12.9. The van der Waals surface area contributed by atoms with Gasteiger partial charge in [-0.05, 0) is 24.6 Å². The molecule has 10 nitrogen and oxygen atoms in total. The Morgan fingerprint density at radius 1 is 1.22 bits per heavy atom. The summed E-state index contributed by atoms with van der Waals surface area (Å²) in [5.41, 5.74) is 6.27. The molecule has 0 unspecified atom stereocenters. The fourth-order valence-electron chi connectivity index (χ4n) is 4.48. The van der Waals surface area contributed by atoms with Gasteiger partial charge in [-0.1, -0.05) is 24.3 Å². The maximum Gasteiger partial charge on any atom is 0.356 e. The highest BCUT2D eigenvalue weighted by Crippen LogP contribution is 2.35. The van der Waals surface area contributed by atoms with Crippen LogP contribution in [0.1, 0.15) is 27.9 Å². The molecular weight excluding hydrogens is 509 g/mol. The SMILES string of the molecule is Cc1cccc(CNC(=O)[C@@H]2C[C@@H](F)CN2C(=O)Cn2cc(C(N)=O)c3ccc(P(=O)(O)O)cc32)c1F. The third-order valence-corrected chi connectivity index (χ3v) is 7.32. The molecule has 2 atom stereocenters. The summed E-state index contributed by atoms with van der Waals surface area (Å²) in [4.78, 5) is 58.0. The lowest BCUT2D eigenvalue weighted by molar-refractivity contribution is -0.139. The summed E-state index contributed by atoms with van der Waals surface area (Å²) in [6.07, 6.45) is -0.429. The van der Waals surface area contributed by atoms with Crippen LogP contribution in [0.3, 0.4) is 0 Å². The smallest absolute Gasteiger partial charge is 0.356 e. The summed E-state index contributed by atoms with van der Waals surface area (Å²) < 4.78 is 41.6. The number of primary amides is 1. The van der Waals surface area contributed by atoms with Crippen LogP contribution >= 0.6 is 7.60 Å². The Bertz CT molecular complexity index is 1450. The minimum atomic E-state index is -4.64. The van der Waals surface area contributed by atoms with E-state index in [2.05, 4.69) is 5.32 Å². The van der Waals surface area contributed by atoms with Crippen LogP contribution in [-0.4, -0.2) is 55.7 Å². The van der Waals surface area contributed by atoms with Gasteiger partial charge in [-0.2, -0.15) is 0 Å². The first-order chi connectivity index (χ1) is 17.4. The highest BCUT2D eigenvalue weighted by molar-refractivity contribution is 7.60. The number of amides is 3. The maximum absolute atomic E-state index is 14.3. The molecule has 1 aliphatic heterocycles. The normalized spacial score (nSPS) is 17.8. The molecule has 3 amide bonds. The molecule has 2 heterocycles. The van der Waals surface area contributed by atoms with Crippen LogP contribution < -0.4 is 16.4 Å². The number of carbonyl (C=O) groups excluding carboxylic acids is 3. The van der Waals surface area contributed by atoms with E-state index >= 15 is 0 Å². The largest absolute Gasteiger partial charge is 0.366 e. The summed E-state index contributed by atoms with van der Waals surface area (Å²) in [7, 11) is -4.64. The van der Waals surface area contributed by atoms with Crippen molar-refractivity contribution >= 4 is 41.5 Å². The van der Waals surface area contributed by atoms with Gasteiger partial charge < -0.3 is 30.3 Å². The summed E-state index contributed by atoms with van der Waals surface area (Å²) in [6.45, 7) is 0.656. The maximum atomic E-state index is 14.3. The molecule has 0 spiro atoms. The van der Waals surface area contributed by atoms with Crippen molar-refractivity contribution in [1.29, 1.82) is 0 Å². The van der Waals surface area contributed by atoms with Crippen molar-refractivity contribution in [3.8, 4) is 0 Å². The topological polar surface area (TPSA) is 155 Å². The lowest BCUT2D eigenvalue weighted by Crippen LogP contribution is -2.46. The molecule has 3 aromatic rings. The standard InChI is InChI=1S/C24H25F2N4O6P/c1-13-3-2-4-14(22(13)26)9-28-24(33)20-7-15(25)10-30(20)21(31)12-29-11-18(23(27)32)17-6-5-16(8-19(17)29)37(34,35)36/h2-6,8,11,15,20H,7,9-10,12H2,1H3,(H2,27,32)(H,28,33)(H2,34,35,36)/t15-,20+/m1/s1. The first-order valence-electron chi connectivity index (χ1n) is 11.3. The zero-order chi connectivity index (χ0) is 27.1. The number of carbonyl (C=O) groups is 3. The van der Waals surface area contributed by atoms with Gasteiger partial charge in [0.05, 0.1) is 22.9 Å². The number of hydrogen-bond acceptors (Lipinski definition) is 4. The summed E-state index contributed by atoms with van der Waals surface area (Å²) in [5, 5.41) is 2.51. The number of alkyl halides is 1. The molecule has 0 bridgehead atoms. The van der Waals surface area contributed by atoms with E-state index in [1.54, 1.807) is 19.1 Å². The predicted octanol–water partition coefficient (Wildman–Crippen LogP) is 1.25. The Morgan fingerprint density at radius 3 is 2.62 bits per heavy atom. The number of rotatable bonds is 7. The summed E-state index contributed by atoms with van der Waals surface area (Å²) >= 11 is 0. The number of nitrogens with two attached hydrogens (primary N) is 1. The number of hydrogen-bond donors (Lipinski definition) is 4. The zero-order valence-electron chi connectivity index (χ0n) is 19.7. The van der Waals surface area contributed by atoms with Crippen LogP contribution in [0.15, 0.2) is 42.6 Å². The van der Waals surface area contributed by atoms with E-state index in [1.165, 1.54) is 22.9 Å². The molecule has 1 saturated heterocycles. The number of aromatic nitrogens is 1. The van der Waals surface area contributed by atoms with Crippen molar-refractivity contribution in [1.82, 2.24) is 14.8 Å². The zero-order valence-corrected chi connectivity index (χ0v) is 20.6. The molecule has 13 heteroatoms. The van der Waals surface area contributed by atoms with Crippen LogP contribution in [-0.2, 0) is 27.2 Å². The molecule has 4 rings (SSSR count). The van der Waals surface area contributed by atoms with E-state index in [9.17, 15) is 37.5 Å². The van der Waals surface area contributed by atoms with Gasteiger partial charge >= 0.3 is 7.60 Å². The van der Waals surface area contributed by atoms with Gasteiger partial charge in [0.15, 0.2) is 0 Å². The fraction of sp³-hybridized carbons (Fsp3) is 0.292. The minimum Gasteiger partial charge on any atom is -0.366 e. The second-order valence-corrected chi connectivity index (χ2v) is 10.5. The van der Waals surface area contributed by atoms with Crippen molar-refractivity contribution in [2.45, 2.75) is 38.6 Å². The van der Waals surface area contributed by atoms with Crippen LogP contribution in [0.4, 0.5) is 8.78 Å². The Labute approximate surface area is 210 Å². The molecular formula is C24H25F2N4O6P. The average molecular weight is 534 g/mol. The summed E-state index contributed by atoms with van der Waals surface area (Å²) in [5.74, 6) is -2.58. The molecule has 196 valence electrons. The number of benzene rings is 2. The van der Waals surface area contributed by atoms with E-state index in [0.717, 1.165) is 17.0 Å². The Hall–Kier alpha value is -3.60. The van der Waals surface area contributed by atoms with Gasteiger partial charge in [-0.3, -0.25) is 18.9 Å². The van der Waals surface area contributed by atoms with Gasteiger partial charge in [-0.15, -0.1) is 0 Å². The van der Waals surface area contributed by atoms with E-state index in [1.807, 2.05) is 0 Å². The molecule has 1 fully saturated rings. The Kier molecular flexibility index (Phi) is 7.18. The number of likely N-dealkylation sites (tertiary alicyclic amines) is 1. The quantitative estimate of drug-likeness (QED) is 0.335. The molecule has 5 N–H and O–H groups in total. The fourth-order valence-corrected chi connectivity index (χ4v) is 5.04. The molecule has 2 aromatic carbocycles. The van der Waals surface area contributed by atoms with E-state index in [-0.39, 0.29) is 46.8 Å². The van der Waals surface area contributed by atoms with Crippen molar-refractivity contribution < 1.29 is 37.5 Å². The van der Waals surface area contributed by atoms with Gasteiger partial charge in [0, 0.05) is 30.1 Å². The number of fused-ring (bicyclic) bond motifs is 1. The third kappa shape index (κ3) is 5.41. The molecule has 0 radical (unpaired) electrons. The number of nitrogens with zero attached hydrogens (tertiary/aromatic N) is 2. The van der Waals surface area contributed by atoms with Crippen molar-refractivity contribution in [2.75, 3.05) is 6.54 Å². The van der Waals surface area contributed by atoms with Crippen LogP contribution in [0, 0.1) is 12.7 Å². The highest BCUT2D eigenvalue weighted by atomic mass is 31.2. The average Bonchev–Trinajstić information content (AvgIpc) is 3.40. The van der Waals surface area contributed by atoms with Crippen LogP contribution in [0.25, 0.3) is 10.9 Å². The van der Waals surface area contributed by atoms with E-state index < -0.39 is 49.9 Å². The monoisotopic (exact) mass is 534 g/mol. The van der Waals surface area contributed by atoms with Crippen molar-refractivity contribution in [3.63, 3.8) is 0 Å². The number of aryl methyl sites for hydroxylation is 1. The first kappa shape index (κ1) is 26.5. The van der Waals surface area contributed by atoms with Gasteiger partial charge in [0.1, 0.15) is 24.6 Å². The number of halogens is 2. The molecule has 1 aromatic heterocycles. The Morgan fingerprint density at radius 2 is 1.95 bits per heavy atom. The lowest BCUT2D eigenvalue weighted by Gasteiger charge is -2.24. The minimum absolute atomic E-state index is 0.0272. The predicted molar refractivity (Wildman–Crippen MR) is 130 cm³/mol. The molecule has 1 aliphatic rings. The van der Waals surface area contributed by atoms with Crippen LogP contribution in [0.2, 0.25) is 0 Å². The number of nitrogens with one attached hydrogen (secondary N) is 1. The second-order valence-electron chi connectivity index (χ2n) is 8.94. The van der Waals surface area contributed by atoms with Gasteiger partial charge in [0.25, 0.3) is 5.91 Å². The molecule has 0 saturated carbocycles. The lowest BCUT2D eigenvalue weighted by atomic mass is 10.1. The molecule has 0 aliphatic carbocycles. The third-order valence-electron chi connectivity index (χ3n) is 6.37. The second kappa shape index (κ2) is 10.0. The van der Waals surface area contributed by atoms with E-state index in [4.69, 9.17) is 5.73 Å². The van der Waals surface area contributed by atoms with Gasteiger partial charge in [-0.25, -0.2) is 8.78 Å².